The monoisotopic (exact) mass is 367 g/mol. The first kappa shape index (κ1) is 18.2. The number of hydrogen-bond donors (Lipinski definition) is 2. The average molecular weight is 367 g/mol. The highest BCUT2D eigenvalue weighted by molar-refractivity contribution is 7.92. The van der Waals surface area contributed by atoms with Gasteiger partial charge in [0.25, 0.3) is 5.91 Å². The van der Waals surface area contributed by atoms with E-state index >= 15 is 0 Å². The summed E-state index contributed by atoms with van der Waals surface area (Å²) < 4.78 is 23.1. The molecule has 0 saturated carbocycles. The Kier molecular flexibility index (Phi) is 5.74. The van der Waals surface area contributed by atoms with Crippen LogP contribution in [-0.2, 0) is 14.6 Å². The summed E-state index contributed by atoms with van der Waals surface area (Å²) in [6.45, 7) is 0. The molecule has 0 fully saturated rings. The Morgan fingerprint density at radius 3 is 2.46 bits per heavy atom. The van der Waals surface area contributed by atoms with Gasteiger partial charge >= 0.3 is 5.97 Å². The molecule has 0 saturated heterocycles. The van der Waals surface area contributed by atoms with Crippen LogP contribution >= 0.6 is 11.3 Å². The molecular formula is C16H17NO5S2. The number of rotatable bonds is 7. The van der Waals surface area contributed by atoms with E-state index in [0.717, 1.165) is 23.2 Å². The number of thiophene rings is 1. The van der Waals surface area contributed by atoms with Gasteiger partial charge in [-0.25, -0.2) is 8.42 Å². The van der Waals surface area contributed by atoms with Crippen LogP contribution in [0.4, 0.5) is 0 Å². The third-order valence-corrected chi connectivity index (χ3v) is 6.12. The Morgan fingerprint density at radius 2 is 1.92 bits per heavy atom. The van der Waals surface area contributed by atoms with Crippen molar-refractivity contribution in [1.29, 1.82) is 0 Å². The molecule has 0 aliphatic carbocycles. The normalized spacial score (nSPS) is 12.5. The number of benzene rings is 1. The Balaban J connectivity index is 2.17. The van der Waals surface area contributed by atoms with E-state index in [9.17, 15) is 18.0 Å². The fraction of sp³-hybridized carbons (Fsp3) is 0.250. The molecule has 0 radical (unpaired) electrons. The number of carbonyl (C=O) groups is 2. The van der Waals surface area contributed by atoms with Crippen LogP contribution in [-0.4, -0.2) is 31.7 Å². The Bertz CT molecular complexity index is 827. The molecule has 24 heavy (non-hydrogen) atoms. The van der Waals surface area contributed by atoms with Crippen molar-refractivity contribution in [2.45, 2.75) is 23.1 Å². The highest BCUT2D eigenvalue weighted by Gasteiger charge is 2.19. The van der Waals surface area contributed by atoms with Crippen molar-refractivity contribution in [3.63, 3.8) is 0 Å². The quantitative estimate of drug-likeness (QED) is 0.783. The van der Waals surface area contributed by atoms with Crippen molar-refractivity contribution >= 4 is 33.1 Å². The number of sulfone groups is 1. The summed E-state index contributed by atoms with van der Waals surface area (Å²) in [7, 11) is -3.36. The van der Waals surface area contributed by atoms with Crippen LogP contribution in [0.2, 0.25) is 0 Å². The zero-order chi connectivity index (χ0) is 17.7. The van der Waals surface area contributed by atoms with Gasteiger partial charge in [0.15, 0.2) is 9.84 Å². The zero-order valence-corrected chi connectivity index (χ0v) is 14.6. The van der Waals surface area contributed by atoms with Crippen LogP contribution in [0.25, 0.3) is 0 Å². The van der Waals surface area contributed by atoms with Gasteiger partial charge in [-0.05, 0) is 18.1 Å². The van der Waals surface area contributed by atoms with Gasteiger partial charge in [-0.2, -0.15) is 0 Å². The predicted octanol–water partition coefficient (Wildman–Crippen LogP) is 2.49. The van der Waals surface area contributed by atoms with Crippen LogP contribution in [0, 0.1) is 0 Å². The Hall–Kier alpha value is -2.19. The number of hydrogen-bond acceptors (Lipinski definition) is 5. The molecule has 1 amide bonds. The van der Waals surface area contributed by atoms with Gasteiger partial charge in [-0.15, -0.1) is 11.3 Å². The first-order chi connectivity index (χ1) is 11.3. The lowest BCUT2D eigenvalue weighted by molar-refractivity contribution is -0.137. The summed E-state index contributed by atoms with van der Waals surface area (Å²) in [5.41, 5.74) is 1.04. The van der Waals surface area contributed by atoms with Crippen molar-refractivity contribution < 1.29 is 23.1 Å². The maximum atomic E-state index is 12.4. The molecule has 2 rings (SSSR count). The fourth-order valence-electron chi connectivity index (χ4n) is 2.15. The minimum Gasteiger partial charge on any atom is -0.481 e. The minimum atomic E-state index is -3.36. The van der Waals surface area contributed by atoms with Crippen molar-refractivity contribution in [2.75, 3.05) is 6.26 Å². The van der Waals surface area contributed by atoms with Crippen molar-refractivity contribution in [2.24, 2.45) is 0 Å². The van der Waals surface area contributed by atoms with Gasteiger partial charge in [-0.1, -0.05) is 30.3 Å². The molecule has 0 bridgehead atoms. The van der Waals surface area contributed by atoms with Gasteiger partial charge in [0.2, 0.25) is 0 Å². The largest absolute Gasteiger partial charge is 0.481 e. The highest BCUT2D eigenvalue weighted by Crippen LogP contribution is 2.23. The SMILES string of the molecule is CS(=O)(=O)c1cc(C(=O)NC(CCC(=O)O)c2ccccc2)cs1. The van der Waals surface area contributed by atoms with Gasteiger partial charge in [0, 0.05) is 18.1 Å². The number of carboxylic acids is 1. The molecule has 0 spiro atoms. The van der Waals surface area contributed by atoms with Crippen molar-refractivity contribution in [1.82, 2.24) is 5.32 Å². The van der Waals surface area contributed by atoms with Crippen LogP contribution in [0.15, 0.2) is 46.0 Å². The Labute approximate surface area is 144 Å². The van der Waals surface area contributed by atoms with Gasteiger partial charge in [0.1, 0.15) is 4.21 Å². The molecule has 2 aromatic rings. The number of carboxylic acid groups (broad SMARTS) is 1. The smallest absolute Gasteiger partial charge is 0.303 e. The fourth-order valence-corrected chi connectivity index (χ4v) is 3.94. The van der Waals surface area contributed by atoms with Crippen LogP contribution in [0.5, 0.6) is 0 Å². The van der Waals surface area contributed by atoms with Crippen molar-refractivity contribution in [3.8, 4) is 0 Å². The minimum absolute atomic E-state index is 0.0853. The summed E-state index contributed by atoms with van der Waals surface area (Å²) in [5, 5.41) is 13.1. The van der Waals surface area contributed by atoms with Gasteiger partial charge < -0.3 is 10.4 Å². The molecule has 1 heterocycles. The molecule has 0 aliphatic heterocycles. The van der Waals surface area contributed by atoms with E-state index in [-0.39, 0.29) is 22.6 Å². The third-order valence-electron chi connectivity index (χ3n) is 3.36. The molecule has 1 aromatic carbocycles. The molecule has 8 heteroatoms. The molecule has 2 N–H and O–H groups in total. The second-order valence-corrected chi connectivity index (χ2v) is 8.45. The van der Waals surface area contributed by atoms with E-state index < -0.39 is 27.8 Å². The molecule has 0 aliphatic rings. The molecular weight excluding hydrogens is 350 g/mol. The van der Waals surface area contributed by atoms with Gasteiger partial charge in [-0.3, -0.25) is 9.59 Å². The maximum absolute atomic E-state index is 12.4. The Morgan fingerprint density at radius 1 is 1.25 bits per heavy atom. The average Bonchev–Trinajstić information content (AvgIpc) is 3.02. The standard InChI is InChI=1S/C16H17NO5S2/c1-24(21,22)15-9-12(10-23-15)16(20)17-13(7-8-14(18)19)11-5-3-2-4-6-11/h2-6,9-10,13H,7-8H2,1H3,(H,17,20)(H,18,19). The molecule has 1 atom stereocenters. The maximum Gasteiger partial charge on any atom is 0.303 e. The lowest BCUT2D eigenvalue weighted by Crippen LogP contribution is -2.28. The van der Waals surface area contributed by atoms with Crippen LogP contribution in [0.1, 0.15) is 34.8 Å². The summed E-state index contributed by atoms with van der Waals surface area (Å²) in [4.78, 5) is 23.2. The van der Waals surface area contributed by atoms with Gasteiger partial charge in [0.05, 0.1) is 11.6 Å². The summed E-state index contributed by atoms with van der Waals surface area (Å²) in [6, 6.07) is 9.93. The first-order valence-corrected chi connectivity index (χ1v) is 9.90. The van der Waals surface area contributed by atoms with E-state index in [1.807, 2.05) is 30.3 Å². The molecule has 6 nitrogen and oxygen atoms in total. The molecule has 1 aromatic heterocycles. The van der Waals surface area contributed by atoms with Crippen LogP contribution < -0.4 is 5.32 Å². The van der Waals surface area contributed by atoms with E-state index in [1.165, 1.54) is 11.4 Å². The molecule has 1 unspecified atom stereocenters. The first-order valence-electron chi connectivity index (χ1n) is 7.13. The van der Waals surface area contributed by atoms with E-state index in [2.05, 4.69) is 5.32 Å². The number of aliphatic carboxylic acids is 1. The lowest BCUT2D eigenvalue weighted by Gasteiger charge is -2.18. The zero-order valence-electron chi connectivity index (χ0n) is 12.9. The number of carbonyl (C=O) groups excluding carboxylic acids is 1. The van der Waals surface area contributed by atoms with Crippen LogP contribution in [0.3, 0.4) is 0 Å². The topological polar surface area (TPSA) is 101 Å². The predicted molar refractivity (Wildman–Crippen MR) is 90.9 cm³/mol. The second-order valence-electron chi connectivity index (χ2n) is 5.30. The summed E-state index contributed by atoms with van der Waals surface area (Å²) in [6.07, 6.45) is 1.24. The van der Waals surface area contributed by atoms with E-state index in [4.69, 9.17) is 5.11 Å². The molecule has 128 valence electrons. The summed E-state index contributed by atoms with van der Waals surface area (Å²) >= 11 is 0.983. The highest BCUT2D eigenvalue weighted by atomic mass is 32.2. The number of nitrogens with one attached hydrogen (secondary N) is 1. The van der Waals surface area contributed by atoms with E-state index in [1.54, 1.807) is 0 Å². The summed E-state index contributed by atoms with van der Waals surface area (Å²) in [5.74, 6) is -1.37. The van der Waals surface area contributed by atoms with Crippen molar-refractivity contribution in [3.05, 3.63) is 52.9 Å². The second kappa shape index (κ2) is 7.59. The van der Waals surface area contributed by atoms with E-state index in [0.29, 0.717) is 0 Å². The third kappa shape index (κ3) is 4.90. The lowest BCUT2D eigenvalue weighted by atomic mass is 10.0. The number of amides is 1.